The van der Waals surface area contributed by atoms with Crippen molar-refractivity contribution in [2.75, 3.05) is 12.5 Å². The lowest BCUT2D eigenvalue weighted by atomic mass is 9.97. The number of aromatic hydroxyl groups is 1. The highest BCUT2D eigenvalue weighted by molar-refractivity contribution is 6.30. The quantitative estimate of drug-likeness (QED) is 0.223. The van der Waals surface area contributed by atoms with E-state index in [0.717, 1.165) is 36.0 Å². The van der Waals surface area contributed by atoms with Crippen molar-refractivity contribution < 1.29 is 28.9 Å². The maximum Gasteiger partial charge on any atom is 0.177 e. The van der Waals surface area contributed by atoms with E-state index in [4.69, 9.17) is 25.8 Å². The van der Waals surface area contributed by atoms with Gasteiger partial charge in [-0.15, -0.1) is 11.6 Å². The lowest BCUT2D eigenvalue weighted by molar-refractivity contribution is -0.181. The SMILES string of the molecule is CC(=O)Cc1ccc(OCc2ccc(C(OC3CCCCO3)c3cccc(C(=O)CCl)c3)cc2)c(C)c1O. The van der Waals surface area contributed by atoms with Gasteiger partial charge in [0.05, 0.1) is 5.88 Å². The molecule has 1 N–H and O–H groups in total. The number of phenolic OH excluding ortho intramolecular Hbond substituents is 1. The minimum Gasteiger partial charge on any atom is -0.507 e. The largest absolute Gasteiger partial charge is 0.507 e. The first-order chi connectivity index (χ1) is 18.4. The summed E-state index contributed by atoms with van der Waals surface area (Å²) >= 11 is 5.79. The molecular weight excluding hydrogens is 504 g/mol. The van der Waals surface area contributed by atoms with Gasteiger partial charge in [0, 0.05) is 29.7 Å². The van der Waals surface area contributed by atoms with E-state index in [1.165, 1.54) is 6.92 Å². The van der Waals surface area contributed by atoms with Crippen LogP contribution in [0.25, 0.3) is 0 Å². The lowest BCUT2D eigenvalue weighted by Crippen LogP contribution is -2.25. The minimum absolute atomic E-state index is 0.0110. The number of carbonyl (C=O) groups is 2. The Morgan fingerprint density at radius 1 is 1.08 bits per heavy atom. The van der Waals surface area contributed by atoms with Gasteiger partial charge in [-0.2, -0.15) is 0 Å². The average molecular weight is 537 g/mol. The van der Waals surface area contributed by atoms with Gasteiger partial charge in [0.25, 0.3) is 0 Å². The number of phenols is 1. The van der Waals surface area contributed by atoms with E-state index in [2.05, 4.69) is 0 Å². The summed E-state index contributed by atoms with van der Waals surface area (Å²) in [6.45, 7) is 4.25. The molecule has 0 aliphatic carbocycles. The van der Waals surface area contributed by atoms with Crippen molar-refractivity contribution in [3.05, 3.63) is 94.0 Å². The van der Waals surface area contributed by atoms with Crippen molar-refractivity contribution in [2.45, 2.75) is 58.5 Å². The average Bonchev–Trinajstić information content (AvgIpc) is 2.94. The molecule has 3 aromatic rings. The number of benzene rings is 3. The zero-order valence-corrected chi connectivity index (χ0v) is 22.5. The van der Waals surface area contributed by atoms with E-state index in [0.29, 0.717) is 35.7 Å². The summed E-state index contributed by atoms with van der Waals surface area (Å²) in [5.41, 5.74) is 4.48. The number of hydrogen-bond donors (Lipinski definition) is 1. The molecule has 1 heterocycles. The van der Waals surface area contributed by atoms with Crippen molar-refractivity contribution in [2.24, 2.45) is 0 Å². The van der Waals surface area contributed by atoms with Crippen LogP contribution in [0, 0.1) is 6.92 Å². The van der Waals surface area contributed by atoms with Gasteiger partial charge in [0.1, 0.15) is 30.0 Å². The summed E-state index contributed by atoms with van der Waals surface area (Å²) in [4.78, 5) is 23.6. The van der Waals surface area contributed by atoms with Gasteiger partial charge in [0.2, 0.25) is 0 Å². The summed E-state index contributed by atoms with van der Waals surface area (Å²) in [5.74, 6) is 0.433. The molecule has 6 nitrogen and oxygen atoms in total. The topological polar surface area (TPSA) is 82.1 Å². The van der Waals surface area contributed by atoms with E-state index in [1.807, 2.05) is 42.5 Å². The number of hydrogen-bond acceptors (Lipinski definition) is 6. The van der Waals surface area contributed by atoms with Gasteiger partial charge in [-0.05, 0) is 61.9 Å². The molecule has 4 rings (SSSR count). The fraction of sp³-hybridized carbons (Fsp3) is 0.355. The van der Waals surface area contributed by atoms with E-state index in [-0.39, 0.29) is 35.9 Å². The van der Waals surface area contributed by atoms with Crippen LogP contribution >= 0.6 is 11.6 Å². The third-order valence-electron chi connectivity index (χ3n) is 6.64. The van der Waals surface area contributed by atoms with E-state index in [9.17, 15) is 14.7 Å². The Morgan fingerprint density at radius 3 is 2.55 bits per heavy atom. The molecule has 2 atom stereocenters. The van der Waals surface area contributed by atoms with Gasteiger partial charge < -0.3 is 19.3 Å². The standard InChI is InChI=1S/C31H33ClO6/c1-20(33)16-25-13-14-28(21(2)30(25)35)37-19-22-9-11-23(12-10-22)31(38-29-8-3-4-15-36-29)26-7-5-6-24(17-26)27(34)18-32/h5-7,9-14,17,29,31,35H,3-4,8,15-16,18-19H2,1-2H3. The van der Waals surface area contributed by atoms with Crippen LogP contribution in [0.4, 0.5) is 0 Å². The Bertz CT molecular complexity index is 1260. The maximum atomic E-state index is 12.2. The normalized spacial score (nSPS) is 16.1. The summed E-state index contributed by atoms with van der Waals surface area (Å²) in [7, 11) is 0. The van der Waals surface area contributed by atoms with Gasteiger partial charge in [-0.1, -0.05) is 48.5 Å². The van der Waals surface area contributed by atoms with Crippen molar-refractivity contribution in [3.8, 4) is 11.5 Å². The third kappa shape index (κ3) is 7.01. The van der Waals surface area contributed by atoms with Crippen molar-refractivity contribution >= 4 is 23.2 Å². The van der Waals surface area contributed by atoms with Crippen LogP contribution in [-0.2, 0) is 27.3 Å². The molecule has 0 spiro atoms. The van der Waals surface area contributed by atoms with E-state index >= 15 is 0 Å². The van der Waals surface area contributed by atoms with Crippen LogP contribution in [-0.4, -0.2) is 35.4 Å². The molecule has 7 heteroatoms. The van der Waals surface area contributed by atoms with Gasteiger partial charge in [-0.25, -0.2) is 0 Å². The number of carbonyl (C=O) groups excluding carboxylic acids is 2. The number of rotatable bonds is 11. The van der Waals surface area contributed by atoms with E-state index < -0.39 is 6.10 Å². The van der Waals surface area contributed by atoms with Crippen LogP contribution < -0.4 is 4.74 Å². The third-order valence-corrected chi connectivity index (χ3v) is 6.88. The number of halogens is 1. The molecule has 1 aliphatic heterocycles. The van der Waals surface area contributed by atoms with Gasteiger partial charge in [-0.3, -0.25) is 9.59 Å². The molecule has 1 aliphatic rings. The smallest absolute Gasteiger partial charge is 0.177 e. The second-order valence-electron chi connectivity index (χ2n) is 9.60. The fourth-order valence-electron chi connectivity index (χ4n) is 4.53. The molecule has 0 amide bonds. The molecule has 1 fully saturated rings. The Labute approximate surface area is 228 Å². The Balaban J connectivity index is 1.52. The molecular formula is C31H33ClO6. The molecule has 1 saturated heterocycles. The number of ketones is 2. The molecule has 2 unspecified atom stereocenters. The molecule has 3 aromatic carbocycles. The zero-order chi connectivity index (χ0) is 27.1. The molecule has 38 heavy (non-hydrogen) atoms. The summed E-state index contributed by atoms with van der Waals surface area (Å²) in [5, 5.41) is 10.4. The predicted octanol–water partition coefficient (Wildman–Crippen LogP) is 6.47. The van der Waals surface area contributed by atoms with Crippen LogP contribution in [0.5, 0.6) is 11.5 Å². The number of Topliss-reactive ketones (excluding diaryl/α,β-unsaturated/α-hetero) is 2. The Hall–Kier alpha value is -3.19. The Morgan fingerprint density at radius 2 is 1.87 bits per heavy atom. The molecule has 200 valence electrons. The van der Waals surface area contributed by atoms with Gasteiger partial charge in [0.15, 0.2) is 12.1 Å². The molecule has 0 aromatic heterocycles. The first-order valence-corrected chi connectivity index (χ1v) is 13.4. The van der Waals surface area contributed by atoms with Crippen molar-refractivity contribution in [3.63, 3.8) is 0 Å². The first-order valence-electron chi connectivity index (χ1n) is 12.8. The van der Waals surface area contributed by atoms with Crippen LogP contribution in [0.15, 0.2) is 60.7 Å². The van der Waals surface area contributed by atoms with Crippen molar-refractivity contribution in [1.82, 2.24) is 0 Å². The first kappa shape index (κ1) is 27.8. The monoisotopic (exact) mass is 536 g/mol. The van der Waals surface area contributed by atoms with Crippen LogP contribution in [0.3, 0.4) is 0 Å². The Kier molecular flexibility index (Phi) is 9.56. The summed E-state index contributed by atoms with van der Waals surface area (Å²) in [6.07, 6.45) is 2.35. The zero-order valence-electron chi connectivity index (χ0n) is 21.7. The van der Waals surface area contributed by atoms with Crippen LogP contribution in [0.2, 0.25) is 0 Å². The minimum atomic E-state index is -0.413. The second kappa shape index (κ2) is 13.1. The van der Waals surface area contributed by atoms with Crippen LogP contribution in [0.1, 0.15) is 70.5 Å². The van der Waals surface area contributed by atoms with E-state index in [1.54, 1.807) is 25.1 Å². The highest BCUT2D eigenvalue weighted by Crippen LogP contribution is 2.33. The fourth-order valence-corrected chi connectivity index (χ4v) is 4.68. The maximum absolute atomic E-state index is 12.2. The van der Waals surface area contributed by atoms with Gasteiger partial charge >= 0.3 is 0 Å². The summed E-state index contributed by atoms with van der Waals surface area (Å²) < 4.78 is 18.2. The summed E-state index contributed by atoms with van der Waals surface area (Å²) in [6, 6.07) is 18.8. The molecule has 0 radical (unpaired) electrons. The highest BCUT2D eigenvalue weighted by atomic mass is 35.5. The predicted molar refractivity (Wildman–Crippen MR) is 146 cm³/mol. The number of alkyl halides is 1. The second-order valence-corrected chi connectivity index (χ2v) is 9.87. The highest BCUT2D eigenvalue weighted by Gasteiger charge is 2.23. The molecule has 0 bridgehead atoms. The lowest BCUT2D eigenvalue weighted by Gasteiger charge is -2.28. The number of ether oxygens (including phenoxy) is 3. The molecule has 0 saturated carbocycles. The van der Waals surface area contributed by atoms with Crippen molar-refractivity contribution in [1.29, 1.82) is 0 Å².